The molecule has 144 valence electrons. The molecule has 0 atom stereocenters. The highest BCUT2D eigenvalue weighted by atomic mass is 32.2. The molecule has 1 aliphatic rings. The van der Waals surface area contributed by atoms with E-state index in [-0.39, 0.29) is 10.8 Å². The Morgan fingerprint density at radius 2 is 1.71 bits per heavy atom. The van der Waals surface area contributed by atoms with Crippen LogP contribution in [0.5, 0.6) is 0 Å². The summed E-state index contributed by atoms with van der Waals surface area (Å²) in [6.45, 7) is 2.98. The number of anilines is 1. The predicted molar refractivity (Wildman–Crippen MR) is 109 cm³/mol. The standard InChI is InChI=1S/C21H21N3O3S/c1-15-14-19(18-6-2-3-7-20(18)22-15)21(25)23-16-8-10-17(11-9-16)28(26,27)24-12-4-5-13-24/h2-3,6-11,14H,4-5,12-13H2,1H3,(H,23,25). The predicted octanol–water partition coefficient (Wildman–Crippen LogP) is 3.58. The molecule has 0 unspecified atom stereocenters. The lowest BCUT2D eigenvalue weighted by molar-refractivity contribution is 0.102. The van der Waals surface area contributed by atoms with Crippen LogP contribution in [0.2, 0.25) is 0 Å². The van der Waals surface area contributed by atoms with Gasteiger partial charge in [0.15, 0.2) is 0 Å². The van der Waals surface area contributed by atoms with Crippen molar-refractivity contribution in [2.75, 3.05) is 18.4 Å². The van der Waals surface area contributed by atoms with Gasteiger partial charge in [-0.25, -0.2) is 8.42 Å². The van der Waals surface area contributed by atoms with Crippen LogP contribution in [0.1, 0.15) is 28.9 Å². The van der Waals surface area contributed by atoms with E-state index < -0.39 is 10.0 Å². The summed E-state index contributed by atoms with van der Waals surface area (Å²) in [4.78, 5) is 17.5. The summed E-state index contributed by atoms with van der Waals surface area (Å²) in [5, 5.41) is 3.63. The number of amides is 1. The van der Waals surface area contributed by atoms with E-state index in [1.807, 2.05) is 31.2 Å². The molecule has 0 spiro atoms. The van der Waals surface area contributed by atoms with E-state index >= 15 is 0 Å². The summed E-state index contributed by atoms with van der Waals surface area (Å²) >= 11 is 0. The number of aromatic nitrogens is 1. The van der Waals surface area contributed by atoms with E-state index in [0.717, 1.165) is 29.4 Å². The zero-order valence-electron chi connectivity index (χ0n) is 15.6. The molecular weight excluding hydrogens is 374 g/mol. The number of hydrogen-bond donors (Lipinski definition) is 1. The second kappa shape index (κ2) is 7.33. The number of carbonyl (C=O) groups is 1. The lowest BCUT2D eigenvalue weighted by Gasteiger charge is -2.15. The number of pyridine rings is 1. The van der Waals surface area contributed by atoms with Crippen molar-refractivity contribution in [1.29, 1.82) is 0 Å². The van der Waals surface area contributed by atoms with Crippen molar-refractivity contribution in [1.82, 2.24) is 9.29 Å². The number of para-hydroxylation sites is 1. The Balaban J connectivity index is 1.58. The van der Waals surface area contributed by atoms with Crippen LogP contribution >= 0.6 is 0 Å². The molecule has 1 fully saturated rings. The topological polar surface area (TPSA) is 79.4 Å². The molecule has 1 aliphatic heterocycles. The van der Waals surface area contributed by atoms with Gasteiger partial charge in [0, 0.05) is 29.9 Å². The van der Waals surface area contributed by atoms with Crippen molar-refractivity contribution in [2.24, 2.45) is 0 Å². The maximum Gasteiger partial charge on any atom is 0.256 e. The number of rotatable bonds is 4. The Morgan fingerprint density at radius 3 is 2.43 bits per heavy atom. The SMILES string of the molecule is Cc1cc(C(=O)Nc2ccc(S(=O)(=O)N3CCCC3)cc2)c2ccccc2n1. The average molecular weight is 395 g/mol. The molecule has 28 heavy (non-hydrogen) atoms. The molecule has 1 saturated heterocycles. The van der Waals surface area contributed by atoms with Gasteiger partial charge in [0.25, 0.3) is 5.91 Å². The normalized spacial score (nSPS) is 15.0. The van der Waals surface area contributed by atoms with Crippen LogP contribution < -0.4 is 5.32 Å². The second-order valence-corrected chi connectivity index (χ2v) is 8.86. The van der Waals surface area contributed by atoms with E-state index in [1.54, 1.807) is 30.3 Å². The number of benzene rings is 2. The van der Waals surface area contributed by atoms with Crippen molar-refractivity contribution in [3.8, 4) is 0 Å². The molecule has 4 rings (SSSR count). The number of sulfonamides is 1. The summed E-state index contributed by atoms with van der Waals surface area (Å²) in [6, 6.07) is 15.6. The van der Waals surface area contributed by atoms with Gasteiger partial charge in [0.05, 0.1) is 16.0 Å². The van der Waals surface area contributed by atoms with E-state index in [0.29, 0.717) is 24.3 Å². The number of fused-ring (bicyclic) bond motifs is 1. The first-order valence-corrected chi connectivity index (χ1v) is 10.7. The van der Waals surface area contributed by atoms with Gasteiger partial charge in [-0.1, -0.05) is 18.2 Å². The molecule has 1 amide bonds. The number of aryl methyl sites for hydroxylation is 1. The van der Waals surface area contributed by atoms with Gasteiger partial charge in [0.2, 0.25) is 10.0 Å². The fourth-order valence-corrected chi connectivity index (χ4v) is 5.00. The van der Waals surface area contributed by atoms with Crippen LogP contribution in [0.3, 0.4) is 0 Å². The monoisotopic (exact) mass is 395 g/mol. The summed E-state index contributed by atoms with van der Waals surface area (Å²) in [5.74, 6) is -0.253. The van der Waals surface area contributed by atoms with Crippen molar-refractivity contribution in [3.63, 3.8) is 0 Å². The van der Waals surface area contributed by atoms with Gasteiger partial charge >= 0.3 is 0 Å². The summed E-state index contributed by atoms with van der Waals surface area (Å²) < 4.78 is 26.7. The smallest absolute Gasteiger partial charge is 0.256 e. The molecule has 7 heteroatoms. The van der Waals surface area contributed by atoms with Crippen molar-refractivity contribution >= 4 is 32.5 Å². The maximum atomic E-state index is 12.8. The van der Waals surface area contributed by atoms with Crippen molar-refractivity contribution in [2.45, 2.75) is 24.7 Å². The molecule has 0 aliphatic carbocycles. The van der Waals surface area contributed by atoms with Gasteiger partial charge in [-0.05, 0) is 56.2 Å². The lowest BCUT2D eigenvalue weighted by atomic mass is 10.1. The zero-order chi connectivity index (χ0) is 19.7. The van der Waals surface area contributed by atoms with Gasteiger partial charge < -0.3 is 5.32 Å². The Hall–Kier alpha value is -2.77. The van der Waals surface area contributed by atoms with E-state index in [1.165, 1.54) is 4.31 Å². The highest BCUT2D eigenvalue weighted by molar-refractivity contribution is 7.89. The molecule has 2 heterocycles. The van der Waals surface area contributed by atoms with Crippen LogP contribution in [0.25, 0.3) is 10.9 Å². The minimum atomic E-state index is -3.46. The average Bonchev–Trinajstić information content (AvgIpc) is 3.23. The summed E-state index contributed by atoms with van der Waals surface area (Å²) in [7, 11) is -3.46. The summed E-state index contributed by atoms with van der Waals surface area (Å²) in [5.41, 5.74) is 2.61. The van der Waals surface area contributed by atoms with E-state index in [9.17, 15) is 13.2 Å². The molecule has 6 nitrogen and oxygen atoms in total. The van der Waals surface area contributed by atoms with Crippen LogP contribution in [0, 0.1) is 6.92 Å². The van der Waals surface area contributed by atoms with Crippen LogP contribution in [-0.4, -0.2) is 36.7 Å². The first-order valence-electron chi connectivity index (χ1n) is 9.23. The van der Waals surface area contributed by atoms with Gasteiger partial charge in [-0.15, -0.1) is 0 Å². The van der Waals surface area contributed by atoms with E-state index in [2.05, 4.69) is 10.3 Å². The Kier molecular flexibility index (Phi) is 4.87. The Bertz CT molecular complexity index is 1140. The third-order valence-corrected chi connectivity index (χ3v) is 6.82. The second-order valence-electron chi connectivity index (χ2n) is 6.92. The molecular formula is C21H21N3O3S. The number of carbonyl (C=O) groups excluding carboxylic acids is 1. The van der Waals surface area contributed by atoms with Crippen LogP contribution in [0.15, 0.2) is 59.5 Å². The first-order chi connectivity index (χ1) is 13.4. The number of hydrogen-bond acceptors (Lipinski definition) is 4. The highest BCUT2D eigenvalue weighted by Crippen LogP contribution is 2.23. The fraction of sp³-hybridized carbons (Fsp3) is 0.238. The van der Waals surface area contributed by atoms with Crippen molar-refractivity contribution in [3.05, 3.63) is 65.9 Å². The molecule has 3 aromatic rings. The van der Waals surface area contributed by atoms with E-state index in [4.69, 9.17) is 0 Å². The van der Waals surface area contributed by atoms with Gasteiger partial charge in [0.1, 0.15) is 0 Å². The quantitative estimate of drug-likeness (QED) is 0.732. The highest BCUT2D eigenvalue weighted by Gasteiger charge is 2.27. The molecule has 1 N–H and O–H groups in total. The Labute approximate surface area is 164 Å². The van der Waals surface area contributed by atoms with Gasteiger partial charge in [-0.2, -0.15) is 4.31 Å². The molecule has 0 radical (unpaired) electrons. The Morgan fingerprint density at radius 1 is 1.04 bits per heavy atom. The maximum absolute atomic E-state index is 12.8. The minimum absolute atomic E-state index is 0.248. The summed E-state index contributed by atoms with van der Waals surface area (Å²) in [6.07, 6.45) is 1.79. The van der Waals surface area contributed by atoms with Gasteiger partial charge in [-0.3, -0.25) is 9.78 Å². The minimum Gasteiger partial charge on any atom is -0.322 e. The zero-order valence-corrected chi connectivity index (χ0v) is 16.4. The fourth-order valence-electron chi connectivity index (χ4n) is 3.48. The van der Waals surface area contributed by atoms with Crippen molar-refractivity contribution < 1.29 is 13.2 Å². The molecule has 2 aromatic carbocycles. The third kappa shape index (κ3) is 3.50. The first kappa shape index (κ1) is 18.6. The number of nitrogens with zero attached hydrogens (tertiary/aromatic N) is 2. The lowest BCUT2D eigenvalue weighted by Crippen LogP contribution is -2.27. The number of nitrogens with one attached hydrogen (secondary N) is 1. The third-order valence-electron chi connectivity index (χ3n) is 4.90. The molecule has 0 bridgehead atoms. The molecule has 0 saturated carbocycles. The van der Waals surface area contributed by atoms with Crippen LogP contribution in [-0.2, 0) is 10.0 Å². The molecule has 1 aromatic heterocycles. The largest absolute Gasteiger partial charge is 0.322 e. The van der Waals surface area contributed by atoms with Crippen LogP contribution in [0.4, 0.5) is 5.69 Å².